The average Bonchev–Trinajstić information content (AvgIpc) is 3.23. The zero-order valence-electron chi connectivity index (χ0n) is 13.1. The predicted octanol–water partition coefficient (Wildman–Crippen LogP) is 2.56. The van der Waals surface area contributed by atoms with Gasteiger partial charge in [-0.15, -0.1) is 4.68 Å². The summed E-state index contributed by atoms with van der Waals surface area (Å²) in [5.74, 6) is 0.800. The van der Waals surface area contributed by atoms with E-state index in [1.807, 2.05) is 48.0 Å². The van der Waals surface area contributed by atoms with Crippen LogP contribution < -0.4 is 9.58 Å². The monoisotopic (exact) mass is 307 g/mol. The summed E-state index contributed by atoms with van der Waals surface area (Å²) in [6.45, 7) is 3.94. The summed E-state index contributed by atoms with van der Waals surface area (Å²) in [6, 6.07) is 12.0. The molecule has 2 aromatic heterocycles. The number of rotatable bonds is 3. The van der Waals surface area contributed by atoms with Gasteiger partial charge in [0.2, 0.25) is 0 Å². The van der Waals surface area contributed by atoms with Gasteiger partial charge < -0.3 is 4.90 Å². The first kappa shape index (κ1) is 13.9. The maximum absolute atomic E-state index is 11.5. The number of anilines is 1. The van der Waals surface area contributed by atoms with E-state index in [2.05, 4.69) is 10.00 Å². The average molecular weight is 307 g/mol. The molecule has 3 heterocycles. The minimum absolute atomic E-state index is 0.668. The fourth-order valence-corrected chi connectivity index (χ4v) is 3.27. The molecule has 1 aliphatic heterocycles. The number of hydrogen-bond acceptors (Lipinski definition) is 3. The summed E-state index contributed by atoms with van der Waals surface area (Å²) in [5, 5.41) is 4.34. The number of aromatic nitrogens is 3. The first-order valence-electron chi connectivity index (χ1n) is 7.99. The van der Waals surface area contributed by atoms with Gasteiger partial charge in [0.25, 0.3) is 5.82 Å². The maximum Gasteiger partial charge on any atom is 0.358 e. The lowest BCUT2D eigenvalue weighted by Gasteiger charge is -2.13. The number of H-pyrrole nitrogens is 1. The molecule has 1 N–H and O–H groups in total. The summed E-state index contributed by atoms with van der Waals surface area (Å²) >= 11 is 0. The molecule has 0 atom stereocenters. The van der Waals surface area contributed by atoms with Crippen molar-refractivity contribution >= 4 is 23.1 Å². The van der Waals surface area contributed by atoms with E-state index in [-0.39, 0.29) is 0 Å². The molecule has 1 aliphatic rings. The van der Waals surface area contributed by atoms with Gasteiger partial charge >= 0.3 is 5.65 Å². The molecule has 0 bridgehead atoms. The van der Waals surface area contributed by atoms with Gasteiger partial charge in [-0.1, -0.05) is 18.2 Å². The van der Waals surface area contributed by atoms with Crippen molar-refractivity contribution in [3.8, 4) is 5.69 Å². The summed E-state index contributed by atoms with van der Waals surface area (Å²) < 4.78 is 1.98. The molecule has 0 amide bonds. The molecule has 0 radical (unpaired) electrons. The normalized spacial score (nSPS) is 14.6. The van der Waals surface area contributed by atoms with Crippen LogP contribution in [-0.4, -0.2) is 29.5 Å². The van der Waals surface area contributed by atoms with Gasteiger partial charge in [0.05, 0.1) is 16.6 Å². The van der Waals surface area contributed by atoms with Gasteiger partial charge in [0, 0.05) is 13.1 Å². The van der Waals surface area contributed by atoms with E-state index in [0.717, 1.165) is 60.4 Å². The number of fused-ring (bicyclic) bond motifs is 1. The van der Waals surface area contributed by atoms with Gasteiger partial charge in [-0.3, -0.25) is 4.79 Å². The fourth-order valence-electron chi connectivity index (χ4n) is 3.27. The predicted molar refractivity (Wildman–Crippen MR) is 89.2 cm³/mol. The van der Waals surface area contributed by atoms with Crippen molar-refractivity contribution in [3.05, 3.63) is 47.7 Å². The number of aryl methyl sites for hydroxylation is 1. The highest BCUT2D eigenvalue weighted by atomic mass is 16.1. The van der Waals surface area contributed by atoms with Crippen LogP contribution in [0.5, 0.6) is 0 Å². The van der Waals surface area contributed by atoms with Crippen LogP contribution in [-0.2, 0) is 0 Å². The first-order chi connectivity index (χ1) is 11.3. The molecule has 4 rings (SSSR count). The Bertz CT molecular complexity index is 864. The van der Waals surface area contributed by atoms with Gasteiger partial charge in [-0.2, -0.15) is 0 Å². The third kappa shape index (κ3) is 2.29. The van der Waals surface area contributed by atoms with E-state index in [1.165, 1.54) is 0 Å². The van der Waals surface area contributed by atoms with Crippen molar-refractivity contribution in [1.82, 2.24) is 10.1 Å². The number of para-hydroxylation sites is 1. The molecule has 0 spiro atoms. The Morgan fingerprint density at radius 2 is 1.96 bits per heavy atom. The number of aromatic amines is 1. The summed E-state index contributed by atoms with van der Waals surface area (Å²) in [4.78, 5) is 18.6. The minimum Gasteiger partial charge on any atom is -0.335 e. The highest BCUT2D eigenvalue weighted by Gasteiger charge is 2.27. The van der Waals surface area contributed by atoms with Crippen molar-refractivity contribution in [3.63, 3.8) is 0 Å². The van der Waals surface area contributed by atoms with Crippen molar-refractivity contribution in [2.75, 3.05) is 18.0 Å². The number of carbonyl (C=O) groups excluding carboxylic acids is 1. The zero-order chi connectivity index (χ0) is 15.8. The van der Waals surface area contributed by atoms with E-state index in [9.17, 15) is 4.79 Å². The highest BCUT2D eigenvalue weighted by Crippen LogP contribution is 2.25. The molecule has 116 valence electrons. The topological polar surface area (TPSA) is 52.9 Å². The molecule has 3 aromatic rings. The van der Waals surface area contributed by atoms with Crippen LogP contribution in [0.3, 0.4) is 0 Å². The lowest BCUT2D eigenvalue weighted by molar-refractivity contribution is -0.632. The summed E-state index contributed by atoms with van der Waals surface area (Å²) in [7, 11) is 0. The van der Waals surface area contributed by atoms with Crippen LogP contribution in [0.1, 0.15) is 28.9 Å². The third-order valence-electron chi connectivity index (χ3n) is 4.45. The number of nitrogens with one attached hydrogen (secondary N) is 1. The molecule has 1 fully saturated rings. The number of carbonyl (C=O) groups is 1. The maximum atomic E-state index is 11.5. The third-order valence-corrected chi connectivity index (χ3v) is 4.45. The Kier molecular flexibility index (Phi) is 3.33. The van der Waals surface area contributed by atoms with Crippen LogP contribution in [0, 0.1) is 6.92 Å². The summed E-state index contributed by atoms with van der Waals surface area (Å²) in [5.41, 5.74) is 3.57. The van der Waals surface area contributed by atoms with E-state index in [0.29, 0.717) is 5.56 Å². The van der Waals surface area contributed by atoms with Gasteiger partial charge in [-0.25, -0.2) is 5.10 Å². The molecule has 5 heteroatoms. The van der Waals surface area contributed by atoms with Crippen molar-refractivity contribution in [2.24, 2.45) is 0 Å². The molecule has 23 heavy (non-hydrogen) atoms. The first-order valence-corrected chi connectivity index (χ1v) is 7.99. The molecular weight excluding hydrogens is 288 g/mol. The van der Waals surface area contributed by atoms with Gasteiger partial charge in [-0.05, 0) is 42.9 Å². The molecule has 1 saturated heterocycles. The SMILES string of the molecule is Cc1[nH][n+](-c2ccccc2)c2nc(N3CCCC3)c(C=O)cc12. The highest BCUT2D eigenvalue weighted by molar-refractivity contribution is 5.90. The van der Waals surface area contributed by atoms with Crippen LogP contribution in [0.2, 0.25) is 0 Å². The minimum atomic E-state index is 0.668. The Labute approximate surface area is 134 Å². The van der Waals surface area contributed by atoms with Crippen molar-refractivity contribution in [2.45, 2.75) is 19.8 Å². The number of nitrogens with zero attached hydrogens (tertiary/aromatic N) is 3. The fraction of sp³-hybridized carbons (Fsp3) is 0.278. The lowest BCUT2D eigenvalue weighted by atomic mass is 10.2. The Morgan fingerprint density at radius 1 is 1.22 bits per heavy atom. The zero-order valence-corrected chi connectivity index (χ0v) is 13.1. The van der Waals surface area contributed by atoms with Crippen LogP contribution in [0.15, 0.2) is 36.4 Å². The smallest absolute Gasteiger partial charge is 0.335 e. The quantitative estimate of drug-likeness (QED) is 0.597. The molecule has 0 aliphatic carbocycles. The van der Waals surface area contributed by atoms with Crippen molar-refractivity contribution in [1.29, 1.82) is 0 Å². The van der Waals surface area contributed by atoms with Crippen LogP contribution in [0.25, 0.3) is 16.7 Å². The van der Waals surface area contributed by atoms with Gasteiger partial charge in [0.1, 0.15) is 0 Å². The second-order valence-corrected chi connectivity index (χ2v) is 5.99. The molecule has 0 saturated carbocycles. The van der Waals surface area contributed by atoms with Crippen LogP contribution >= 0.6 is 0 Å². The molecular formula is C18H19N4O+. The van der Waals surface area contributed by atoms with E-state index in [1.54, 1.807) is 0 Å². The number of aldehydes is 1. The Hall–Kier alpha value is -2.69. The van der Waals surface area contributed by atoms with E-state index >= 15 is 0 Å². The number of benzene rings is 1. The molecule has 1 aromatic carbocycles. The van der Waals surface area contributed by atoms with E-state index < -0.39 is 0 Å². The van der Waals surface area contributed by atoms with E-state index in [4.69, 9.17) is 4.98 Å². The Morgan fingerprint density at radius 3 is 2.65 bits per heavy atom. The lowest BCUT2D eigenvalue weighted by Crippen LogP contribution is -2.34. The molecule has 5 nitrogen and oxygen atoms in total. The number of hydrogen-bond donors (Lipinski definition) is 1. The number of pyridine rings is 1. The van der Waals surface area contributed by atoms with Crippen molar-refractivity contribution < 1.29 is 9.48 Å². The standard InChI is InChI=1S/C18H18N4O/c1-13-16-11-14(12-23)17(21-9-5-6-10-21)19-18(16)22(20-13)15-7-3-2-4-8-15/h2-4,7-8,11-12H,5-6,9-10H2,1H3/p+1. The Balaban J connectivity index is 1.96. The van der Waals surface area contributed by atoms with Gasteiger partial charge in [0.15, 0.2) is 12.0 Å². The largest absolute Gasteiger partial charge is 0.358 e. The molecule has 0 unspecified atom stereocenters. The summed E-state index contributed by atoms with van der Waals surface area (Å²) in [6.07, 6.45) is 3.23. The second-order valence-electron chi connectivity index (χ2n) is 5.99. The second kappa shape index (κ2) is 5.50. The van der Waals surface area contributed by atoms with Crippen LogP contribution in [0.4, 0.5) is 5.82 Å².